The summed E-state index contributed by atoms with van der Waals surface area (Å²) >= 11 is 0. The summed E-state index contributed by atoms with van der Waals surface area (Å²) in [7, 11) is 0. The first-order chi connectivity index (χ1) is 7.59. The molecule has 1 aliphatic carbocycles. The Kier molecular flexibility index (Phi) is 2.84. The second-order valence-corrected chi connectivity index (χ2v) is 4.31. The van der Waals surface area contributed by atoms with Gasteiger partial charge in [0.15, 0.2) is 0 Å². The molecule has 1 aromatic rings. The third-order valence-electron chi connectivity index (χ3n) is 3.23. The lowest BCUT2D eigenvalue weighted by atomic mass is 9.93. The highest BCUT2D eigenvalue weighted by atomic mass is 19.3. The third-order valence-corrected chi connectivity index (χ3v) is 3.23. The van der Waals surface area contributed by atoms with Crippen LogP contribution in [0.1, 0.15) is 24.0 Å². The van der Waals surface area contributed by atoms with Crippen LogP contribution in [0.2, 0.25) is 0 Å². The minimum absolute atomic E-state index is 0.129. The first kappa shape index (κ1) is 11.3. The average Bonchev–Trinajstić information content (AvgIpc) is 3.01. The Morgan fingerprint density at radius 1 is 1.44 bits per heavy atom. The monoisotopic (exact) mass is 227 g/mol. The summed E-state index contributed by atoms with van der Waals surface area (Å²) in [5.41, 5.74) is 7.14. The summed E-state index contributed by atoms with van der Waals surface area (Å²) in [6, 6.07) is 5.47. The minimum Gasteiger partial charge on any atom is -0.434 e. The molecule has 0 heterocycles. The molecule has 1 fully saturated rings. The second-order valence-electron chi connectivity index (χ2n) is 4.31. The van der Waals surface area contributed by atoms with Gasteiger partial charge in [-0.1, -0.05) is 18.2 Å². The molecule has 2 rings (SSSR count). The second kappa shape index (κ2) is 4.01. The van der Waals surface area contributed by atoms with E-state index in [1.807, 2.05) is 12.1 Å². The Morgan fingerprint density at radius 3 is 2.62 bits per heavy atom. The molecule has 2 N–H and O–H groups in total. The fourth-order valence-electron chi connectivity index (χ4n) is 2.05. The largest absolute Gasteiger partial charge is 0.434 e. The van der Waals surface area contributed by atoms with Gasteiger partial charge in [0.25, 0.3) is 0 Å². The Bertz CT molecular complexity index is 389. The van der Waals surface area contributed by atoms with Gasteiger partial charge in [-0.3, -0.25) is 0 Å². The molecule has 0 aliphatic heterocycles. The molecule has 0 atom stereocenters. The first-order valence-electron chi connectivity index (χ1n) is 5.34. The van der Waals surface area contributed by atoms with Crippen molar-refractivity contribution < 1.29 is 13.5 Å². The summed E-state index contributed by atoms with van der Waals surface area (Å²) in [5.74, 6) is 0.306. The molecule has 1 aromatic carbocycles. The smallest absolute Gasteiger partial charge is 0.387 e. The van der Waals surface area contributed by atoms with E-state index in [1.54, 1.807) is 13.0 Å². The SMILES string of the molecule is Cc1cccc(C2(CN)CC2)c1OC(F)F. The van der Waals surface area contributed by atoms with E-state index in [1.165, 1.54) is 0 Å². The Balaban J connectivity index is 2.40. The summed E-state index contributed by atoms with van der Waals surface area (Å²) in [6.45, 7) is -0.530. The predicted molar refractivity (Wildman–Crippen MR) is 57.8 cm³/mol. The van der Waals surface area contributed by atoms with E-state index in [4.69, 9.17) is 5.73 Å². The summed E-state index contributed by atoms with van der Waals surface area (Å²) < 4.78 is 29.3. The number of ether oxygens (including phenoxy) is 1. The Morgan fingerprint density at radius 2 is 2.12 bits per heavy atom. The van der Waals surface area contributed by atoms with Crippen LogP contribution in [0.5, 0.6) is 5.75 Å². The fourth-order valence-corrected chi connectivity index (χ4v) is 2.05. The van der Waals surface area contributed by atoms with Crippen molar-refractivity contribution in [3.63, 3.8) is 0 Å². The van der Waals surface area contributed by atoms with E-state index in [-0.39, 0.29) is 5.41 Å². The summed E-state index contributed by atoms with van der Waals surface area (Å²) in [4.78, 5) is 0. The average molecular weight is 227 g/mol. The molecule has 88 valence electrons. The number of hydrogen-bond acceptors (Lipinski definition) is 2. The lowest BCUT2D eigenvalue weighted by Crippen LogP contribution is -2.21. The van der Waals surface area contributed by atoms with Crippen LogP contribution in [0.15, 0.2) is 18.2 Å². The van der Waals surface area contributed by atoms with E-state index in [9.17, 15) is 8.78 Å². The van der Waals surface area contributed by atoms with Crippen LogP contribution in [0.25, 0.3) is 0 Å². The van der Waals surface area contributed by atoms with E-state index >= 15 is 0 Å². The molecule has 1 saturated carbocycles. The Hall–Kier alpha value is -1.16. The molecule has 0 amide bonds. The van der Waals surface area contributed by atoms with Crippen molar-refractivity contribution in [1.29, 1.82) is 0 Å². The molecule has 0 spiro atoms. The zero-order valence-electron chi connectivity index (χ0n) is 9.17. The molecule has 4 heteroatoms. The van der Waals surface area contributed by atoms with Crippen LogP contribution in [0, 0.1) is 6.92 Å². The highest BCUT2D eigenvalue weighted by Crippen LogP contribution is 2.51. The molecule has 16 heavy (non-hydrogen) atoms. The van der Waals surface area contributed by atoms with E-state index in [2.05, 4.69) is 4.74 Å². The molecule has 0 unspecified atom stereocenters. The van der Waals surface area contributed by atoms with Crippen LogP contribution in [-0.4, -0.2) is 13.2 Å². The zero-order valence-corrected chi connectivity index (χ0v) is 9.17. The van der Waals surface area contributed by atoms with Crippen molar-refractivity contribution in [2.45, 2.75) is 31.8 Å². The highest BCUT2D eigenvalue weighted by molar-refractivity contribution is 5.48. The number of para-hydroxylation sites is 1. The molecule has 1 aliphatic rings. The summed E-state index contributed by atoms with van der Waals surface area (Å²) in [6.07, 6.45) is 1.90. The van der Waals surface area contributed by atoms with Gasteiger partial charge in [-0.05, 0) is 25.3 Å². The zero-order chi connectivity index (χ0) is 11.8. The van der Waals surface area contributed by atoms with Gasteiger partial charge in [0.2, 0.25) is 0 Å². The van der Waals surface area contributed by atoms with Crippen LogP contribution < -0.4 is 10.5 Å². The van der Waals surface area contributed by atoms with Gasteiger partial charge in [0, 0.05) is 17.5 Å². The summed E-state index contributed by atoms with van der Waals surface area (Å²) in [5, 5.41) is 0. The number of rotatable bonds is 4. The van der Waals surface area contributed by atoms with Crippen molar-refractivity contribution in [2.24, 2.45) is 5.73 Å². The van der Waals surface area contributed by atoms with Crippen molar-refractivity contribution in [3.05, 3.63) is 29.3 Å². The molecule has 0 radical (unpaired) electrons. The Labute approximate surface area is 93.4 Å². The maximum atomic E-state index is 12.3. The number of hydrogen-bond donors (Lipinski definition) is 1. The minimum atomic E-state index is -2.78. The fraction of sp³-hybridized carbons (Fsp3) is 0.500. The predicted octanol–water partition coefficient (Wildman–Crippen LogP) is 2.59. The lowest BCUT2D eigenvalue weighted by molar-refractivity contribution is -0.0511. The maximum absolute atomic E-state index is 12.3. The van der Waals surface area contributed by atoms with E-state index < -0.39 is 6.61 Å². The maximum Gasteiger partial charge on any atom is 0.387 e. The van der Waals surface area contributed by atoms with Crippen LogP contribution in [-0.2, 0) is 5.41 Å². The number of aryl methyl sites for hydroxylation is 1. The molecular formula is C12H15F2NO. The standard InChI is InChI=1S/C12H15F2NO/c1-8-3-2-4-9(10(8)16-11(13)14)12(7-15)5-6-12/h2-4,11H,5-7,15H2,1H3. The van der Waals surface area contributed by atoms with Gasteiger partial charge in [-0.15, -0.1) is 0 Å². The van der Waals surface area contributed by atoms with Gasteiger partial charge in [0.05, 0.1) is 0 Å². The molecule has 0 bridgehead atoms. The molecule has 0 saturated heterocycles. The molecule has 2 nitrogen and oxygen atoms in total. The topological polar surface area (TPSA) is 35.2 Å². The number of benzene rings is 1. The van der Waals surface area contributed by atoms with Crippen molar-refractivity contribution >= 4 is 0 Å². The lowest BCUT2D eigenvalue weighted by Gasteiger charge is -2.19. The number of nitrogens with two attached hydrogens (primary N) is 1. The van der Waals surface area contributed by atoms with Gasteiger partial charge in [-0.2, -0.15) is 8.78 Å². The third kappa shape index (κ3) is 1.89. The molecular weight excluding hydrogens is 212 g/mol. The van der Waals surface area contributed by atoms with Gasteiger partial charge in [0.1, 0.15) is 5.75 Å². The van der Waals surface area contributed by atoms with E-state index in [0.717, 1.165) is 24.0 Å². The van der Waals surface area contributed by atoms with Crippen LogP contribution in [0.4, 0.5) is 8.78 Å². The normalized spacial score (nSPS) is 17.6. The van der Waals surface area contributed by atoms with E-state index in [0.29, 0.717) is 12.3 Å². The highest BCUT2D eigenvalue weighted by Gasteiger charge is 2.45. The van der Waals surface area contributed by atoms with Crippen molar-refractivity contribution in [1.82, 2.24) is 0 Å². The van der Waals surface area contributed by atoms with Gasteiger partial charge < -0.3 is 10.5 Å². The number of alkyl halides is 2. The molecule has 0 aromatic heterocycles. The quantitative estimate of drug-likeness (QED) is 0.858. The van der Waals surface area contributed by atoms with Gasteiger partial charge in [-0.25, -0.2) is 0 Å². The number of halogens is 2. The first-order valence-corrected chi connectivity index (χ1v) is 5.34. The van der Waals surface area contributed by atoms with Gasteiger partial charge >= 0.3 is 6.61 Å². The van der Waals surface area contributed by atoms with Crippen LogP contribution in [0.3, 0.4) is 0 Å². The van der Waals surface area contributed by atoms with Crippen LogP contribution >= 0.6 is 0 Å². The van der Waals surface area contributed by atoms with Crippen molar-refractivity contribution in [3.8, 4) is 5.75 Å². The van der Waals surface area contributed by atoms with Crippen molar-refractivity contribution in [2.75, 3.05) is 6.54 Å².